The van der Waals surface area contributed by atoms with E-state index in [-0.39, 0.29) is 17.6 Å². The van der Waals surface area contributed by atoms with E-state index in [1.165, 1.54) is 24.3 Å². The van der Waals surface area contributed by atoms with Gasteiger partial charge >= 0.3 is 0 Å². The molecule has 0 radical (unpaired) electrons. The fraction of sp³-hybridized carbons (Fsp3) is 0. The Hall–Kier alpha value is -3.67. The Morgan fingerprint density at radius 2 is 1.88 bits per heavy atom. The van der Waals surface area contributed by atoms with Crippen molar-refractivity contribution in [1.29, 1.82) is 0 Å². The minimum Gasteiger partial charge on any atom is -0.362 e. The molecular weight excluding hydrogens is 333 g/mol. The fourth-order valence-corrected chi connectivity index (χ4v) is 2.80. The lowest BCUT2D eigenvalue weighted by Crippen LogP contribution is -2.12. The third-order valence-corrected chi connectivity index (χ3v) is 4.09. The molecule has 3 aromatic rings. The van der Waals surface area contributed by atoms with Gasteiger partial charge < -0.3 is 15.6 Å². The summed E-state index contributed by atoms with van der Waals surface area (Å²) in [6.07, 6.45) is 3.51. The van der Waals surface area contributed by atoms with E-state index in [1.807, 2.05) is 12.1 Å². The number of rotatable bonds is 3. The molecule has 1 aliphatic heterocycles. The van der Waals surface area contributed by atoms with E-state index >= 15 is 0 Å². The van der Waals surface area contributed by atoms with Crippen molar-refractivity contribution in [3.05, 3.63) is 83.4 Å². The highest BCUT2D eigenvalue weighted by Crippen LogP contribution is 2.33. The number of benzene rings is 2. The van der Waals surface area contributed by atoms with E-state index in [9.17, 15) is 14.0 Å². The maximum atomic E-state index is 13.0. The van der Waals surface area contributed by atoms with Crippen molar-refractivity contribution in [3.8, 4) is 0 Å². The number of carbonyl (C=O) groups excluding carboxylic acids is 2. The summed E-state index contributed by atoms with van der Waals surface area (Å²) in [7, 11) is 0. The van der Waals surface area contributed by atoms with Crippen LogP contribution in [0.25, 0.3) is 11.6 Å². The summed E-state index contributed by atoms with van der Waals surface area (Å²) >= 11 is 0. The number of fused-ring (bicyclic) bond motifs is 1. The van der Waals surface area contributed by atoms with Gasteiger partial charge in [-0.25, -0.2) is 4.39 Å². The second-order valence-electron chi connectivity index (χ2n) is 5.86. The van der Waals surface area contributed by atoms with Gasteiger partial charge in [-0.2, -0.15) is 0 Å². The molecule has 4 rings (SSSR count). The van der Waals surface area contributed by atoms with Crippen LogP contribution in [0.4, 0.5) is 15.8 Å². The minimum atomic E-state index is -0.371. The molecule has 0 saturated carbocycles. The summed E-state index contributed by atoms with van der Waals surface area (Å²) < 4.78 is 13.0. The molecule has 0 aliphatic carbocycles. The highest BCUT2D eigenvalue weighted by molar-refractivity contribution is 6.35. The highest BCUT2D eigenvalue weighted by Gasteiger charge is 2.25. The first-order chi connectivity index (χ1) is 12.6. The van der Waals surface area contributed by atoms with Gasteiger partial charge in [0, 0.05) is 34.4 Å². The molecule has 5 nitrogen and oxygen atoms in total. The van der Waals surface area contributed by atoms with Crippen LogP contribution in [-0.4, -0.2) is 16.8 Å². The van der Waals surface area contributed by atoms with Gasteiger partial charge in [-0.15, -0.1) is 0 Å². The van der Waals surface area contributed by atoms with Crippen LogP contribution in [-0.2, 0) is 4.79 Å². The normalized spacial score (nSPS) is 14.2. The zero-order chi connectivity index (χ0) is 18.1. The number of H-pyrrole nitrogens is 1. The average Bonchev–Trinajstić information content (AvgIpc) is 3.25. The number of anilines is 2. The Morgan fingerprint density at radius 1 is 1.08 bits per heavy atom. The molecule has 2 aromatic carbocycles. The van der Waals surface area contributed by atoms with Crippen LogP contribution >= 0.6 is 0 Å². The van der Waals surface area contributed by atoms with Crippen molar-refractivity contribution in [1.82, 2.24) is 4.98 Å². The number of hydrogen-bond acceptors (Lipinski definition) is 2. The smallest absolute Gasteiger partial charge is 0.256 e. The van der Waals surface area contributed by atoms with Crippen molar-refractivity contribution >= 4 is 34.8 Å². The summed E-state index contributed by atoms with van der Waals surface area (Å²) in [5.41, 5.74) is 3.50. The molecular formula is C20H14FN3O2. The van der Waals surface area contributed by atoms with Crippen molar-refractivity contribution in [2.75, 3.05) is 10.6 Å². The topological polar surface area (TPSA) is 74.0 Å². The number of aromatic nitrogens is 1. The maximum Gasteiger partial charge on any atom is 0.256 e. The number of halogens is 1. The van der Waals surface area contributed by atoms with Gasteiger partial charge in [0.25, 0.3) is 11.8 Å². The molecule has 26 heavy (non-hydrogen) atoms. The quantitative estimate of drug-likeness (QED) is 0.629. The summed E-state index contributed by atoms with van der Waals surface area (Å²) in [6, 6.07) is 14.2. The van der Waals surface area contributed by atoms with Gasteiger partial charge in [-0.3, -0.25) is 9.59 Å². The monoisotopic (exact) mass is 347 g/mol. The summed E-state index contributed by atoms with van der Waals surface area (Å²) in [5.74, 6) is -0.923. The largest absolute Gasteiger partial charge is 0.362 e. The maximum absolute atomic E-state index is 13.0. The zero-order valence-electron chi connectivity index (χ0n) is 13.5. The molecule has 0 atom stereocenters. The van der Waals surface area contributed by atoms with Crippen LogP contribution in [0.2, 0.25) is 0 Å². The van der Waals surface area contributed by atoms with Gasteiger partial charge in [-0.1, -0.05) is 0 Å². The molecule has 0 fully saturated rings. The average molecular weight is 347 g/mol. The van der Waals surface area contributed by atoms with Crippen molar-refractivity contribution in [3.63, 3.8) is 0 Å². The Morgan fingerprint density at radius 3 is 2.62 bits per heavy atom. The number of aromatic amines is 1. The standard InChI is InChI=1S/C20H14FN3O2/c21-13-4-6-14(7-5-13)23-19(25)12-3-8-18-16(10-12)17(20(26)24-18)11-15-2-1-9-22-15/h1-11,22H,(H,23,25)(H,24,26). The van der Waals surface area contributed by atoms with E-state index in [0.29, 0.717) is 28.1 Å². The molecule has 1 aromatic heterocycles. The lowest BCUT2D eigenvalue weighted by molar-refractivity contribution is -0.110. The van der Waals surface area contributed by atoms with Crippen molar-refractivity contribution < 1.29 is 14.0 Å². The van der Waals surface area contributed by atoms with Gasteiger partial charge in [0.1, 0.15) is 5.82 Å². The molecule has 2 heterocycles. The SMILES string of the molecule is O=C1Nc2ccc(C(=O)Nc3ccc(F)cc3)cc2C1=Cc1ccc[nH]1. The van der Waals surface area contributed by atoms with Gasteiger partial charge in [0.05, 0.1) is 5.57 Å². The molecule has 2 amide bonds. The summed E-state index contributed by atoms with van der Waals surface area (Å²) in [4.78, 5) is 27.7. The molecule has 0 unspecified atom stereocenters. The third kappa shape index (κ3) is 3.00. The molecule has 3 N–H and O–H groups in total. The van der Waals surface area contributed by atoms with Crippen LogP contribution in [0, 0.1) is 5.82 Å². The van der Waals surface area contributed by atoms with E-state index in [2.05, 4.69) is 15.6 Å². The van der Waals surface area contributed by atoms with E-state index < -0.39 is 0 Å². The Labute approximate surface area is 148 Å². The predicted octanol–water partition coefficient (Wildman–Crippen LogP) is 3.90. The minimum absolute atomic E-state index is 0.217. The van der Waals surface area contributed by atoms with Crippen molar-refractivity contribution in [2.24, 2.45) is 0 Å². The highest BCUT2D eigenvalue weighted by atomic mass is 19.1. The van der Waals surface area contributed by atoms with Gasteiger partial charge in [0.2, 0.25) is 0 Å². The first-order valence-electron chi connectivity index (χ1n) is 7.98. The lowest BCUT2D eigenvalue weighted by atomic mass is 10.0. The molecule has 0 bridgehead atoms. The second-order valence-corrected chi connectivity index (χ2v) is 5.86. The van der Waals surface area contributed by atoms with Crippen LogP contribution in [0.1, 0.15) is 21.6 Å². The number of nitrogens with one attached hydrogen (secondary N) is 3. The van der Waals surface area contributed by atoms with Crippen molar-refractivity contribution in [2.45, 2.75) is 0 Å². The van der Waals surface area contributed by atoms with E-state index in [4.69, 9.17) is 0 Å². The molecule has 6 heteroatoms. The zero-order valence-corrected chi connectivity index (χ0v) is 13.5. The second kappa shape index (κ2) is 6.33. The molecule has 128 valence electrons. The van der Waals surface area contributed by atoms with E-state index in [0.717, 1.165) is 5.69 Å². The first kappa shape index (κ1) is 15.8. The first-order valence-corrected chi connectivity index (χ1v) is 7.98. The summed E-state index contributed by atoms with van der Waals surface area (Å²) in [5, 5.41) is 5.50. The Bertz CT molecular complexity index is 1020. The lowest BCUT2D eigenvalue weighted by Gasteiger charge is -2.07. The van der Waals surface area contributed by atoms with Crippen LogP contribution < -0.4 is 10.6 Å². The molecule has 0 spiro atoms. The van der Waals surface area contributed by atoms with Gasteiger partial charge in [0.15, 0.2) is 0 Å². The summed E-state index contributed by atoms with van der Waals surface area (Å²) in [6.45, 7) is 0. The number of carbonyl (C=O) groups is 2. The van der Waals surface area contributed by atoms with Crippen LogP contribution in [0.15, 0.2) is 60.8 Å². The fourth-order valence-electron chi connectivity index (χ4n) is 2.80. The molecule has 0 saturated heterocycles. The van der Waals surface area contributed by atoms with Crippen LogP contribution in [0.3, 0.4) is 0 Å². The third-order valence-electron chi connectivity index (χ3n) is 4.09. The predicted molar refractivity (Wildman–Crippen MR) is 98.1 cm³/mol. The van der Waals surface area contributed by atoms with Crippen LogP contribution in [0.5, 0.6) is 0 Å². The number of hydrogen-bond donors (Lipinski definition) is 3. The van der Waals surface area contributed by atoms with E-state index in [1.54, 1.807) is 30.5 Å². The Kier molecular flexibility index (Phi) is 3.85. The Balaban J connectivity index is 1.64. The molecule has 1 aliphatic rings. The number of amides is 2. The van der Waals surface area contributed by atoms with Gasteiger partial charge in [-0.05, 0) is 60.7 Å².